The Balaban J connectivity index is 1.58. The molecule has 0 saturated carbocycles. The van der Waals surface area contributed by atoms with Gasteiger partial charge in [-0.15, -0.1) is 0 Å². The molecule has 1 fully saturated rings. The van der Waals surface area contributed by atoms with Crippen LogP contribution in [0.3, 0.4) is 0 Å². The molecule has 0 aromatic heterocycles. The number of aliphatic hydroxyl groups excluding tert-OH is 4. The van der Waals surface area contributed by atoms with Gasteiger partial charge in [-0.2, -0.15) is 0 Å². The van der Waals surface area contributed by atoms with Gasteiger partial charge in [0.25, 0.3) is 0 Å². The van der Waals surface area contributed by atoms with Gasteiger partial charge in [-0.05, 0) is 17.7 Å². The van der Waals surface area contributed by atoms with Crippen molar-refractivity contribution in [1.29, 1.82) is 0 Å². The maximum atomic E-state index is 10.5. The summed E-state index contributed by atoms with van der Waals surface area (Å²) in [7, 11) is 0. The summed E-state index contributed by atoms with van der Waals surface area (Å²) < 4.78 is 16.5. The minimum absolute atomic E-state index is 0.0568. The molecule has 10 nitrogen and oxygen atoms in total. The first kappa shape index (κ1) is 20.5. The van der Waals surface area contributed by atoms with Crippen molar-refractivity contribution in [3.8, 4) is 28.7 Å². The molecule has 10 heteroatoms. The highest BCUT2D eigenvalue weighted by molar-refractivity contribution is 5.52. The fraction of sp³-hybridized carbons (Fsp3) is 0.400. The Hall–Kier alpha value is -2.76. The predicted octanol–water partition coefficient (Wildman–Crippen LogP) is -0.342. The van der Waals surface area contributed by atoms with Gasteiger partial charge in [0.05, 0.1) is 12.7 Å². The quantitative estimate of drug-likeness (QED) is 0.325. The van der Waals surface area contributed by atoms with Crippen molar-refractivity contribution < 1.29 is 50.0 Å². The van der Waals surface area contributed by atoms with E-state index < -0.39 is 36.8 Å². The monoisotopic (exact) mass is 422 g/mol. The number of benzene rings is 2. The topological polar surface area (TPSA) is 169 Å². The number of hydrogen-bond donors (Lipinski definition) is 7. The summed E-state index contributed by atoms with van der Waals surface area (Å²) in [5.74, 6) is -0.602. The summed E-state index contributed by atoms with van der Waals surface area (Å²) in [6, 6.07) is 6.73. The minimum atomic E-state index is -1.51. The van der Waals surface area contributed by atoms with Gasteiger partial charge < -0.3 is 50.0 Å². The van der Waals surface area contributed by atoms with E-state index in [0.29, 0.717) is 11.1 Å². The van der Waals surface area contributed by atoms with Gasteiger partial charge >= 0.3 is 0 Å². The third-order valence-corrected chi connectivity index (χ3v) is 5.21. The van der Waals surface area contributed by atoms with E-state index >= 15 is 0 Å². The smallest absolute Gasteiger partial charge is 0.228 e. The molecule has 2 aliphatic rings. The fourth-order valence-corrected chi connectivity index (χ4v) is 3.54. The van der Waals surface area contributed by atoms with Gasteiger partial charge in [0.15, 0.2) is 11.5 Å². The van der Waals surface area contributed by atoms with Gasteiger partial charge in [-0.1, -0.05) is 6.07 Å². The number of rotatable bonds is 3. The van der Waals surface area contributed by atoms with Crippen LogP contribution in [0.25, 0.3) is 0 Å². The van der Waals surface area contributed by atoms with Crippen molar-refractivity contribution >= 4 is 0 Å². The maximum absolute atomic E-state index is 10.5. The van der Waals surface area contributed by atoms with Crippen molar-refractivity contribution in [2.75, 3.05) is 6.61 Å². The summed E-state index contributed by atoms with van der Waals surface area (Å²) in [5, 5.41) is 69.3. The fourth-order valence-electron chi connectivity index (χ4n) is 3.54. The Morgan fingerprint density at radius 2 is 1.60 bits per heavy atom. The zero-order valence-corrected chi connectivity index (χ0v) is 15.6. The molecule has 0 spiro atoms. The lowest BCUT2D eigenvalue weighted by Gasteiger charge is -2.35. The number of aromatic hydroxyl groups is 3. The van der Waals surface area contributed by atoms with Crippen LogP contribution in [0.5, 0.6) is 28.7 Å². The average Bonchev–Trinajstić information content (AvgIpc) is 2.71. The van der Waals surface area contributed by atoms with Crippen molar-refractivity contribution in [1.82, 2.24) is 0 Å². The highest BCUT2D eigenvalue weighted by atomic mass is 16.7. The molecule has 2 aromatic carbocycles. The zero-order valence-electron chi connectivity index (χ0n) is 15.6. The van der Waals surface area contributed by atoms with Gasteiger partial charge in [0.1, 0.15) is 41.7 Å². The van der Waals surface area contributed by atoms with Crippen LogP contribution < -0.4 is 9.47 Å². The lowest BCUT2D eigenvalue weighted by atomic mass is 9.94. The Morgan fingerprint density at radius 3 is 2.33 bits per heavy atom. The largest absolute Gasteiger partial charge is 0.507 e. The second kappa shape index (κ2) is 7.82. The molecule has 4 rings (SSSR count). The van der Waals surface area contributed by atoms with E-state index in [4.69, 9.17) is 14.2 Å². The Kier molecular flexibility index (Phi) is 5.35. The molecule has 1 saturated heterocycles. The third kappa shape index (κ3) is 3.71. The third-order valence-electron chi connectivity index (χ3n) is 5.21. The normalized spacial score (nSPS) is 30.9. The van der Waals surface area contributed by atoms with Crippen LogP contribution in [0.15, 0.2) is 30.3 Å². The van der Waals surface area contributed by atoms with Crippen molar-refractivity contribution in [3.05, 3.63) is 41.5 Å². The SMILES string of the molecule is Oc1ccc([C@H]2Oc3cc(O[C@H]4OC[C@H](O)[C@H](O)[C@H]4O)cc(O)c3C[C@@H]2O)cc1O. The Bertz CT molecular complexity index is 932. The van der Waals surface area contributed by atoms with E-state index in [1.807, 2.05) is 0 Å². The Labute approximate surface area is 170 Å². The van der Waals surface area contributed by atoms with Crippen LogP contribution in [0.2, 0.25) is 0 Å². The second-order valence-corrected chi connectivity index (χ2v) is 7.35. The summed E-state index contributed by atoms with van der Waals surface area (Å²) in [6.07, 6.45) is -7.34. The number of hydrogen-bond acceptors (Lipinski definition) is 10. The standard InChI is InChI=1S/C20H22O10/c21-11-2-1-8(3-13(11)23)19-14(24)6-10-12(22)4-9(5-16(10)30-19)29-20-18(27)17(26)15(25)7-28-20/h1-5,14-15,17-27H,6-7H2/t14-,15-,17-,18+,19+,20+/m0/s1. The van der Waals surface area contributed by atoms with Crippen LogP contribution in [0, 0.1) is 0 Å². The van der Waals surface area contributed by atoms with Gasteiger partial charge in [-0.25, -0.2) is 0 Å². The van der Waals surface area contributed by atoms with Gasteiger partial charge in [0.2, 0.25) is 6.29 Å². The van der Waals surface area contributed by atoms with Crippen LogP contribution in [-0.2, 0) is 11.2 Å². The molecule has 6 atom stereocenters. The molecule has 162 valence electrons. The van der Waals surface area contributed by atoms with E-state index in [1.165, 1.54) is 30.3 Å². The summed E-state index contributed by atoms with van der Waals surface area (Å²) in [4.78, 5) is 0. The number of ether oxygens (including phenoxy) is 3. The molecule has 30 heavy (non-hydrogen) atoms. The van der Waals surface area contributed by atoms with E-state index in [1.54, 1.807) is 0 Å². The van der Waals surface area contributed by atoms with Crippen LogP contribution in [0.4, 0.5) is 0 Å². The summed E-state index contributed by atoms with van der Waals surface area (Å²) in [6.45, 7) is -0.241. The highest BCUT2D eigenvalue weighted by Crippen LogP contribution is 2.43. The van der Waals surface area contributed by atoms with E-state index in [2.05, 4.69) is 0 Å². The number of phenolic OH excluding ortho intramolecular Hbond substituents is 3. The van der Waals surface area contributed by atoms with Crippen LogP contribution >= 0.6 is 0 Å². The van der Waals surface area contributed by atoms with E-state index in [9.17, 15) is 35.7 Å². The van der Waals surface area contributed by atoms with E-state index in [0.717, 1.165) is 0 Å². The van der Waals surface area contributed by atoms with Crippen LogP contribution in [-0.4, -0.2) is 73.1 Å². The molecule has 7 N–H and O–H groups in total. The summed E-state index contributed by atoms with van der Waals surface area (Å²) in [5.41, 5.74) is 0.757. The molecular weight excluding hydrogens is 400 g/mol. The first-order chi connectivity index (χ1) is 14.2. The average molecular weight is 422 g/mol. The number of fused-ring (bicyclic) bond motifs is 1. The van der Waals surface area contributed by atoms with Crippen LogP contribution in [0.1, 0.15) is 17.2 Å². The van der Waals surface area contributed by atoms with E-state index in [-0.39, 0.29) is 41.8 Å². The first-order valence-corrected chi connectivity index (χ1v) is 9.29. The zero-order chi connectivity index (χ0) is 21.6. The maximum Gasteiger partial charge on any atom is 0.228 e. The van der Waals surface area contributed by atoms with Crippen molar-refractivity contribution in [2.24, 2.45) is 0 Å². The van der Waals surface area contributed by atoms with Crippen molar-refractivity contribution in [3.63, 3.8) is 0 Å². The molecule has 0 unspecified atom stereocenters. The second-order valence-electron chi connectivity index (χ2n) is 7.35. The minimum Gasteiger partial charge on any atom is -0.507 e. The molecule has 2 aromatic rings. The number of aliphatic hydroxyl groups is 4. The Morgan fingerprint density at radius 1 is 0.833 bits per heavy atom. The lowest BCUT2D eigenvalue weighted by Crippen LogP contribution is -2.54. The molecule has 0 amide bonds. The van der Waals surface area contributed by atoms with Crippen molar-refractivity contribution in [2.45, 2.75) is 43.2 Å². The molecule has 2 heterocycles. The molecule has 0 radical (unpaired) electrons. The lowest BCUT2D eigenvalue weighted by molar-refractivity contribution is -0.242. The molecule has 0 bridgehead atoms. The number of phenols is 3. The predicted molar refractivity (Wildman–Crippen MR) is 99.3 cm³/mol. The highest BCUT2D eigenvalue weighted by Gasteiger charge is 2.39. The van der Waals surface area contributed by atoms with Gasteiger partial charge in [0, 0.05) is 24.1 Å². The molecule has 0 aliphatic carbocycles. The molecule has 2 aliphatic heterocycles. The first-order valence-electron chi connectivity index (χ1n) is 9.29. The molecular formula is C20H22O10. The van der Waals surface area contributed by atoms with Gasteiger partial charge in [-0.3, -0.25) is 0 Å². The summed E-state index contributed by atoms with van der Waals surface area (Å²) >= 11 is 0.